The largest absolute Gasteiger partial charge is 0.460 e. The fraction of sp³-hybridized carbons (Fsp3) is 0.321. The molecule has 1 saturated heterocycles. The number of benzene rings is 2. The molecule has 5 rings (SSSR count). The molecule has 2 aromatic carbocycles. The first kappa shape index (κ1) is 21.5. The topological polar surface area (TPSA) is 50.4 Å². The number of hydrogen-bond acceptors (Lipinski definition) is 3. The lowest BCUT2D eigenvalue weighted by Crippen LogP contribution is -2.44. The lowest BCUT2D eigenvalue weighted by atomic mass is 10.0. The molecule has 0 aliphatic carbocycles. The summed E-state index contributed by atoms with van der Waals surface area (Å²) in [5, 5.41) is 3.29. The smallest absolute Gasteiger partial charge is 0.268 e. The summed E-state index contributed by atoms with van der Waals surface area (Å²) in [4.78, 5) is 15.8. The third-order valence-corrected chi connectivity index (χ3v) is 6.54. The van der Waals surface area contributed by atoms with Crippen molar-refractivity contribution in [2.45, 2.75) is 45.8 Å². The average Bonchev–Trinajstić information content (AvgIpc) is 3.33. The summed E-state index contributed by atoms with van der Waals surface area (Å²) < 4.78 is 7.94. The fourth-order valence-corrected chi connectivity index (χ4v) is 4.85. The summed E-state index contributed by atoms with van der Waals surface area (Å²) >= 11 is 0. The van der Waals surface area contributed by atoms with Crippen molar-refractivity contribution in [2.75, 3.05) is 13.1 Å². The average molecular weight is 442 g/mol. The number of piperidine rings is 1. The highest BCUT2D eigenvalue weighted by Gasteiger charge is 2.24. The molecule has 0 unspecified atom stereocenters. The quantitative estimate of drug-likeness (QED) is 0.442. The summed E-state index contributed by atoms with van der Waals surface area (Å²) in [7, 11) is 0. The van der Waals surface area contributed by atoms with Crippen LogP contribution < -0.4 is 5.32 Å². The Balaban J connectivity index is 1.28. The van der Waals surface area contributed by atoms with Gasteiger partial charge in [-0.05, 0) is 37.8 Å². The summed E-state index contributed by atoms with van der Waals surface area (Å²) in [6, 6.07) is 23.1. The molecule has 3 heterocycles. The van der Waals surface area contributed by atoms with Gasteiger partial charge in [0.25, 0.3) is 5.91 Å². The standard InChI is InChI=1S/C28H31N3O2/c1-20-7-6-10-23(15-20)19-31-25-16-21(2)33-27(25)17-26(31)28(32)29-24-11-13-30(14-12-24)18-22-8-4-3-5-9-22/h3-10,15-17,24H,11-14,18-19H2,1-2H3,(H,29,32). The van der Waals surface area contributed by atoms with Gasteiger partial charge in [0.2, 0.25) is 0 Å². The minimum atomic E-state index is -0.0202. The van der Waals surface area contributed by atoms with Gasteiger partial charge >= 0.3 is 0 Å². The number of rotatable bonds is 6. The van der Waals surface area contributed by atoms with E-state index in [4.69, 9.17) is 4.42 Å². The maximum absolute atomic E-state index is 13.3. The van der Waals surface area contributed by atoms with Gasteiger partial charge in [0.05, 0.1) is 5.52 Å². The molecule has 0 spiro atoms. The van der Waals surface area contributed by atoms with Crippen LogP contribution in [0.25, 0.3) is 11.1 Å². The van der Waals surface area contributed by atoms with E-state index in [2.05, 4.69) is 76.3 Å². The Bertz CT molecular complexity index is 1250. The molecule has 1 aliphatic heterocycles. The Morgan fingerprint density at radius 1 is 0.939 bits per heavy atom. The minimum absolute atomic E-state index is 0.0202. The predicted octanol–water partition coefficient (Wildman–Crippen LogP) is 5.29. The van der Waals surface area contributed by atoms with Crippen molar-refractivity contribution >= 4 is 17.0 Å². The van der Waals surface area contributed by atoms with Crippen molar-refractivity contribution in [3.8, 4) is 0 Å². The van der Waals surface area contributed by atoms with Crippen LogP contribution in [-0.2, 0) is 13.1 Å². The van der Waals surface area contributed by atoms with Crippen LogP contribution in [0.5, 0.6) is 0 Å². The molecule has 0 atom stereocenters. The number of furan rings is 1. The molecule has 1 N–H and O–H groups in total. The van der Waals surface area contributed by atoms with Gasteiger partial charge in [0, 0.05) is 44.4 Å². The molecule has 0 bridgehead atoms. The maximum atomic E-state index is 13.3. The highest BCUT2D eigenvalue weighted by Crippen LogP contribution is 2.25. The van der Waals surface area contributed by atoms with E-state index in [-0.39, 0.29) is 11.9 Å². The first-order valence-electron chi connectivity index (χ1n) is 11.8. The Kier molecular flexibility index (Phi) is 6.05. The number of hydrogen-bond donors (Lipinski definition) is 1. The third-order valence-electron chi connectivity index (χ3n) is 6.54. The van der Waals surface area contributed by atoms with Crippen LogP contribution in [0.2, 0.25) is 0 Å². The van der Waals surface area contributed by atoms with Gasteiger partial charge in [-0.3, -0.25) is 9.69 Å². The number of carbonyl (C=O) groups excluding carboxylic acids is 1. The zero-order chi connectivity index (χ0) is 22.8. The monoisotopic (exact) mass is 441 g/mol. The lowest BCUT2D eigenvalue weighted by molar-refractivity contribution is 0.0900. The Morgan fingerprint density at radius 2 is 1.70 bits per heavy atom. The van der Waals surface area contributed by atoms with Crippen molar-refractivity contribution < 1.29 is 9.21 Å². The van der Waals surface area contributed by atoms with Crippen molar-refractivity contribution in [3.63, 3.8) is 0 Å². The molecule has 4 aromatic rings. The number of aromatic nitrogens is 1. The number of nitrogens with one attached hydrogen (secondary N) is 1. The molecule has 1 aliphatic rings. The van der Waals surface area contributed by atoms with Gasteiger partial charge in [0.15, 0.2) is 5.58 Å². The van der Waals surface area contributed by atoms with Crippen LogP contribution in [0.3, 0.4) is 0 Å². The molecule has 0 radical (unpaired) electrons. The van der Waals surface area contributed by atoms with E-state index in [1.165, 1.54) is 16.7 Å². The number of nitrogens with zero attached hydrogens (tertiary/aromatic N) is 2. The van der Waals surface area contributed by atoms with E-state index in [1.807, 2.05) is 19.1 Å². The second-order valence-electron chi connectivity index (χ2n) is 9.22. The van der Waals surface area contributed by atoms with Crippen LogP contribution in [0.4, 0.5) is 0 Å². The van der Waals surface area contributed by atoms with Crippen molar-refractivity contribution in [1.29, 1.82) is 0 Å². The summed E-state index contributed by atoms with van der Waals surface area (Å²) in [5.41, 5.74) is 6.13. The molecule has 2 aromatic heterocycles. The maximum Gasteiger partial charge on any atom is 0.268 e. The number of amides is 1. The van der Waals surface area contributed by atoms with Gasteiger partial charge < -0.3 is 14.3 Å². The first-order chi connectivity index (χ1) is 16.0. The number of likely N-dealkylation sites (tertiary alicyclic amines) is 1. The third kappa shape index (κ3) is 4.88. The minimum Gasteiger partial charge on any atom is -0.460 e. The normalized spacial score (nSPS) is 15.2. The highest BCUT2D eigenvalue weighted by atomic mass is 16.3. The van der Waals surface area contributed by atoms with Crippen LogP contribution in [-0.4, -0.2) is 34.5 Å². The molecule has 1 fully saturated rings. The Morgan fingerprint density at radius 3 is 2.45 bits per heavy atom. The van der Waals surface area contributed by atoms with Crippen LogP contribution in [0.15, 0.2) is 71.1 Å². The Hall–Kier alpha value is -3.31. The van der Waals surface area contributed by atoms with E-state index in [9.17, 15) is 4.79 Å². The Labute approximate surface area is 195 Å². The summed E-state index contributed by atoms with van der Waals surface area (Å²) in [6.07, 6.45) is 1.93. The number of carbonyl (C=O) groups is 1. The first-order valence-corrected chi connectivity index (χ1v) is 11.8. The van der Waals surface area contributed by atoms with Gasteiger partial charge in [-0.25, -0.2) is 0 Å². The molecular formula is C28H31N3O2. The van der Waals surface area contributed by atoms with Gasteiger partial charge in [-0.1, -0.05) is 60.2 Å². The molecule has 5 heteroatoms. The van der Waals surface area contributed by atoms with E-state index >= 15 is 0 Å². The molecule has 170 valence electrons. The van der Waals surface area contributed by atoms with Gasteiger partial charge in [-0.2, -0.15) is 0 Å². The van der Waals surface area contributed by atoms with E-state index in [0.29, 0.717) is 12.2 Å². The van der Waals surface area contributed by atoms with Crippen LogP contribution in [0, 0.1) is 13.8 Å². The summed E-state index contributed by atoms with van der Waals surface area (Å²) in [5.74, 6) is 0.837. The van der Waals surface area contributed by atoms with Gasteiger partial charge in [0.1, 0.15) is 11.5 Å². The number of fused-ring (bicyclic) bond motifs is 1. The van der Waals surface area contributed by atoms with Crippen molar-refractivity contribution in [3.05, 3.63) is 94.9 Å². The SMILES string of the molecule is Cc1cccc(Cn2c(C(=O)NC3CCN(Cc4ccccc4)CC3)cc3oc(C)cc32)c1. The van der Waals surface area contributed by atoms with Gasteiger partial charge in [-0.15, -0.1) is 0 Å². The second kappa shape index (κ2) is 9.28. The lowest BCUT2D eigenvalue weighted by Gasteiger charge is -2.32. The van der Waals surface area contributed by atoms with E-state index < -0.39 is 0 Å². The molecule has 1 amide bonds. The van der Waals surface area contributed by atoms with E-state index in [0.717, 1.165) is 49.3 Å². The zero-order valence-electron chi connectivity index (χ0n) is 19.4. The predicted molar refractivity (Wildman–Crippen MR) is 131 cm³/mol. The van der Waals surface area contributed by atoms with Crippen LogP contribution >= 0.6 is 0 Å². The molecule has 0 saturated carbocycles. The molecule has 33 heavy (non-hydrogen) atoms. The van der Waals surface area contributed by atoms with Crippen molar-refractivity contribution in [2.24, 2.45) is 0 Å². The summed E-state index contributed by atoms with van der Waals surface area (Å²) in [6.45, 7) is 7.63. The highest BCUT2D eigenvalue weighted by molar-refractivity contribution is 5.97. The van der Waals surface area contributed by atoms with E-state index in [1.54, 1.807) is 0 Å². The zero-order valence-corrected chi connectivity index (χ0v) is 19.4. The molecular weight excluding hydrogens is 410 g/mol. The number of aryl methyl sites for hydroxylation is 2. The molecule has 5 nitrogen and oxygen atoms in total. The van der Waals surface area contributed by atoms with Crippen LogP contribution in [0.1, 0.15) is 45.8 Å². The van der Waals surface area contributed by atoms with Crippen molar-refractivity contribution in [1.82, 2.24) is 14.8 Å². The fourth-order valence-electron chi connectivity index (χ4n) is 4.85. The second-order valence-corrected chi connectivity index (χ2v) is 9.22.